The number of hydrogen-bond donors (Lipinski definition) is 0. The average Bonchev–Trinajstić information content (AvgIpc) is 4.18. The molecule has 1 fully saturated rings. The first-order valence-corrected chi connectivity index (χ1v) is 30.7. The summed E-state index contributed by atoms with van der Waals surface area (Å²) in [6.45, 7) is 32.0. The van der Waals surface area contributed by atoms with Gasteiger partial charge in [-0.1, -0.05) is 181 Å². The number of hydrogen-bond acceptors (Lipinski definition) is 4. The topological polar surface area (TPSA) is 22.9 Å². The zero-order valence-corrected chi connectivity index (χ0v) is 50.4. The normalized spacial score (nSPS) is 22.4. The van der Waals surface area contributed by atoms with Gasteiger partial charge in [0.15, 0.2) is 0 Å². The van der Waals surface area contributed by atoms with Crippen LogP contribution in [0.15, 0.2) is 156 Å². The van der Waals surface area contributed by atoms with Crippen molar-refractivity contribution in [1.82, 2.24) is 0 Å². The molecule has 3 aliphatic heterocycles. The quantitative estimate of drug-likeness (QED) is 0.164. The monoisotopic (exact) mass is 1060 g/mol. The van der Waals surface area contributed by atoms with E-state index in [4.69, 9.17) is 4.42 Å². The number of rotatable bonds is 4. The van der Waals surface area contributed by atoms with E-state index in [0.29, 0.717) is 0 Å². The van der Waals surface area contributed by atoms with Gasteiger partial charge in [0.2, 0.25) is 0 Å². The van der Waals surface area contributed by atoms with E-state index in [2.05, 4.69) is 256 Å². The van der Waals surface area contributed by atoms with Crippen molar-refractivity contribution >= 4 is 90.5 Å². The van der Waals surface area contributed by atoms with Gasteiger partial charge in [0.1, 0.15) is 11.2 Å². The Labute approximate surface area is 482 Å². The summed E-state index contributed by atoms with van der Waals surface area (Å²) < 4.78 is 7.01. The van der Waals surface area contributed by atoms with Crippen molar-refractivity contribution in [3.63, 3.8) is 0 Å². The summed E-state index contributed by atoms with van der Waals surface area (Å²) in [6, 6.07) is 60.0. The Morgan fingerprint density at radius 1 is 0.420 bits per heavy atom. The number of nitrogens with zero attached hydrogens (tertiary/aromatic N) is 3. The van der Waals surface area contributed by atoms with Crippen LogP contribution in [0.25, 0.3) is 33.1 Å². The Hall–Kier alpha value is -6.98. The predicted octanol–water partition coefficient (Wildman–Crippen LogP) is 19.1. The molecule has 2 atom stereocenters. The largest absolute Gasteiger partial charge is 0.456 e. The van der Waals surface area contributed by atoms with Gasteiger partial charge in [-0.3, -0.25) is 0 Å². The molecule has 408 valence electrons. The van der Waals surface area contributed by atoms with Crippen molar-refractivity contribution in [2.45, 2.75) is 179 Å². The second kappa shape index (κ2) is 16.8. The fourth-order valence-electron chi connectivity index (χ4n) is 16.8. The lowest BCUT2D eigenvalue weighted by atomic mass is 9.33. The number of benzene rings is 8. The van der Waals surface area contributed by atoms with E-state index >= 15 is 0 Å². The van der Waals surface area contributed by atoms with Crippen molar-refractivity contribution in [3.8, 4) is 11.1 Å². The van der Waals surface area contributed by atoms with Crippen LogP contribution < -0.4 is 31.1 Å². The van der Waals surface area contributed by atoms with Gasteiger partial charge in [-0.15, -0.1) is 0 Å². The third-order valence-electron chi connectivity index (χ3n) is 22.1. The van der Waals surface area contributed by atoms with Crippen LogP contribution in [0.3, 0.4) is 0 Å². The first-order chi connectivity index (χ1) is 38.5. The molecule has 0 amide bonds. The number of furan rings is 1. The molecule has 0 saturated heterocycles. The van der Waals surface area contributed by atoms with Crippen molar-refractivity contribution < 1.29 is 4.42 Å². The molecule has 4 heterocycles. The summed E-state index contributed by atoms with van der Waals surface area (Å²) in [5, 5.41) is 2.29. The average molecular weight is 1060 g/mol. The highest BCUT2D eigenvalue weighted by atomic mass is 16.3. The summed E-state index contributed by atoms with van der Waals surface area (Å²) in [5.41, 5.74) is 26.9. The van der Waals surface area contributed by atoms with Crippen molar-refractivity contribution in [3.05, 3.63) is 185 Å². The Kier molecular flexibility index (Phi) is 10.6. The molecule has 5 heteroatoms. The fourth-order valence-corrected chi connectivity index (χ4v) is 16.8. The van der Waals surface area contributed by atoms with Gasteiger partial charge in [-0.2, -0.15) is 0 Å². The van der Waals surface area contributed by atoms with Gasteiger partial charge in [0, 0.05) is 61.6 Å². The van der Waals surface area contributed by atoms with E-state index in [1.807, 2.05) is 0 Å². The lowest BCUT2D eigenvalue weighted by Gasteiger charge is -2.51. The first kappa shape index (κ1) is 50.9. The van der Waals surface area contributed by atoms with Gasteiger partial charge in [0.05, 0.1) is 11.2 Å². The van der Waals surface area contributed by atoms with E-state index < -0.39 is 0 Å². The van der Waals surface area contributed by atoms with E-state index in [0.717, 1.165) is 47.6 Å². The third-order valence-corrected chi connectivity index (χ3v) is 22.1. The molecule has 15 rings (SSSR count). The summed E-state index contributed by atoms with van der Waals surface area (Å²) >= 11 is 0. The first-order valence-electron chi connectivity index (χ1n) is 30.7. The van der Waals surface area contributed by atoms with Crippen LogP contribution in [-0.4, -0.2) is 12.3 Å². The molecular formula is C76H80BN3O. The van der Waals surface area contributed by atoms with Gasteiger partial charge < -0.3 is 19.1 Å². The molecule has 0 spiro atoms. The Morgan fingerprint density at radius 2 is 1.02 bits per heavy atom. The Balaban J connectivity index is 1.13. The van der Waals surface area contributed by atoms with Gasteiger partial charge in [-0.05, 0) is 195 Å². The maximum atomic E-state index is 7.01. The molecule has 0 N–H and O–H groups in total. The molecule has 0 radical (unpaired) electrons. The van der Waals surface area contributed by atoms with E-state index in [1.165, 1.54) is 132 Å². The van der Waals surface area contributed by atoms with Gasteiger partial charge >= 0.3 is 0 Å². The fraction of sp³-hybridized carbons (Fsp3) is 0.368. The minimum Gasteiger partial charge on any atom is -0.456 e. The maximum absolute atomic E-state index is 7.01. The van der Waals surface area contributed by atoms with Crippen LogP contribution in [0, 0.1) is 0 Å². The van der Waals surface area contributed by atoms with Gasteiger partial charge in [0.25, 0.3) is 6.71 Å². The van der Waals surface area contributed by atoms with Crippen LogP contribution in [-0.2, 0) is 32.5 Å². The van der Waals surface area contributed by atoms with E-state index in [9.17, 15) is 0 Å². The van der Waals surface area contributed by atoms with Crippen LogP contribution >= 0.6 is 0 Å². The minimum atomic E-state index is -0.161. The molecule has 0 bridgehead atoms. The SMILES string of the molecule is CC(C)(C)c1ccc(N2c3cc4c(cc3B3c5cc6c(cc5N(c5ccc7c(c5)C(C)(C)CCC7(C)C)c5cc(N7c8ccccc8C8(C)CCCCC78C)cc2c53)C(C)(C)CCC6(C)C)oc2ccccc24)c(-c2ccccc2)c1. The molecule has 4 nitrogen and oxygen atoms in total. The zero-order valence-electron chi connectivity index (χ0n) is 50.4. The second-order valence-electron chi connectivity index (χ2n) is 29.7. The molecule has 2 unspecified atom stereocenters. The lowest BCUT2D eigenvalue weighted by molar-refractivity contribution is 0.195. The smallest absolute Gasteiger partial charge is 0.252 e. The molecule has 8 aromatic carbocycles. The summed E-state index contributed by atoms with van der Waals surface area (Å²) in [6.07, 6.45) is 9.37. The molecular weight excluding hydrogens is 982 g/mol. The van der Waals surface area contributed by atoms with Crippen LogP contribution in [0.5, 0.6) is 0 Å². The molecule has 1 saturated carbocycles. The molecule has 9 aromatic rings. The minimum absolute atomic E-state index is 0.00402. The Morgan fingerprint density at radius 3 is 1.75 bits per heavy atom. The highest BCUT2D eigenvalue weighted by molar-refractivity contribution is 7.00. The van der Waals surface area contributed by atoms with Crippen molar-refractivity contribution in [1.29, 1.82) is 0 Å². The summed E-state index contributed by atoms with van der Waals surface area (Å²) in [7, 11) is 0. The lowest BCUT2D eigenvalue weighted by Crippen LogP contribution is -2.62. The van der Waals surface area contributed by atoms with Crippen molar-refractivity contribution in [2.24, 2.45) is 0 Å². The molecule has 6 aliphatic rings. The maximum Gasteiger partial charge on any atom is 0.252 e. The van der Waals surface area contributed by atoms with E-state index in [1.54, 1.807) is 0 Å². The molecule has 81 heavy (non-hydrogen) atoms. The predicted molar refractivity (Wildman–Crippen MR) is 345 cm³/mol. The third kappa shape index (κ3) is 7.15. The second-order valence-corrected chi connectivity index (χ2v) is 29.7. The highest BCUT2D eigenvalue weighted by Gasteiger charge is 2.58. The number of anilines is 8. The number of fused-ring (bicyclic) bond motifs is 12. The Bertz CT molecular complexity index is 4130. The summed E-state index contributed by atoms with van der Waals surface area (Å²) in [5.74, 6) is 0. The standard InChI is InChI=1S/C76H80BN3O/c1-70(2,3)48-29-32-61(52(39-48)47-23-15-14-16-24-47)79-63-43-53-51-25-17-20-28-67(51)81-68(53)46-60(63)77-59-44-57-58(74(10,11)38-37-73(57,8)9)45-64(59)78(49-30-31-54-56(40-49)72(6,7)36-35-71(54,4)5)65-41-50(42-66(79)69(65)77)80-62-27-19-18-26-55(62)75(12)33-21-22-34-76(75,80)13/h14-20,23-32,39-46H,21-22,33-38H2,1-13H3. The summed E-state index contributed by atoms with van der Waals surface area (Å²) in [4.78, 5) is 8.30. The molecule has 1 aromatic heterocycles. The van der Waals surface area contributed by atoms with Gasteiger partial charge in [-0.25, -0.2) is 0 Å². The zero-order chi connectivity index (χ0) is 56.1. The van der Waals surface area contributed by atoms with Crippen LogP contribution in [0.4, 0.5) is 45.5 Å². The van der Waals surface area contributed by atoms with Crippen LogP contribution in [0.1, 0.15) is 175 Å². The molecule has 3 aliphatic carbocycles. The van der Waals surface area contributed by atoms with E-state index in [-0.39, 0.29) is 44.7 Å². The number of para-hydroxylation sites is 2. The van der Waals surface area contributed by atoms with Crippen molar-refractivity contribution in [2.75, 3.05) is 14.7 Å². The highest BCUT2D eigenvalue weighted by Crippen LogP contribution is 2.62. The van der Waals surface area contributed by atoms with Crippen LogP contribution in [0.2, 0.25) is 0 Å².